The minimum absolute atomic E-state index is 0.0273. The summed E-state index contributed by atoms with van der Waals surface area (Å²) < 4.78 is 15.6. The van der Waals surface area contributed by atoms with Gasteiger partial charge in [-0.1, -0.05) is 0 Å². The second-order valence-electron chi connectivity index (χ2n) is 22.7. The van der Waals surface area contributed by atoms with Crippen LogP contribution in [-0.4, -0.2) is 193 Å². The van der Waals surface area contributed by atoms with Crippen LogP contribution in [0.5, 0.6) is 0 Å². The third kappa shape index (κ3) is 17.1. The van der Waals surface area contributed by atoms with Crippen LogP contribution < -0.4 is 31.9 Å². The minimum Gasteiger partial charge on any atom is -0.481 e. The number of carboxylic acid groups (broad SMARTS) is 3. The summed E-state index contributed by atoms with van der Waals surface area (Å²) >= 11 is 0. The number of carbonyl (C=O) groups excluding carboxylic acids is 12. The highest BCUT2D eigenvalue weighted by Crippen LogP contribution is 2.30. The first-order valence-corrected chi connectivity index (χ1v) is 29.0. The van der Waals surface area contributed by atoms with Gasteiger partial charge in [0.15, 0.2) is 0 Å². The molecule has 3 aromatic carbocycles. The second-order valence-corrected chi connectivity index (χ2v) is 22.7. The molecule has 0 aromatic heterocycles. The summed E-state index contributed by atoms with van der Waals surface area (Å²) in [5.74, 6) is -16.5. The van der Waals surface area contributed by atoms with E-state index in [1.54, 1.807) is 0 Å². The van der Waals surface area contributed by atoms with Crippen molar-refractivity contribution in [2.45, 2.75) is 154 Å². The van der Waals surface area contributed by atoms with Crippen LogP contribution in [0, 0.1) is 0 Å². The van der Waals surface area contributed by atoms with E-state index in [0.29, 0.717) is 0 Å². The van der Waals surface area contributed by atoms with E-state index in [1.807, 2.05) is 0 Å². The maximum Gasteiger partial charge on any atom is 0.329 e. The first-order chi connectivity index (χ1) is 42.5. The molecule has 3 fully saturated rings. The molecule has 3 saturated heterocycles. The summed E-state index contributed by atoms with van der Waals surface area (Å²) in [6.45, 7) is 8.72. The Morgan fingerprint density at radius 3 is 0.889 bits per heavy atom. The number of hydrogen-bond donors (Lipinski definition) is 9. The molecular weight excluding hydrogens is 1180 g/mol. The van der Waals surface area contributed by atoms with Crippen molar-refractivity contribution in [1.29, 1.82) is 0 Å². The Hall–Kier alpha value is -10.3. The number of aliphatic carboxylic acids is 3. The van der Waals surface area contributed by atoms with Gasteiger partial charge in [-0.2, -0.15) is 0 Å². The van der Waals surface area contributed by atoms with Crippen LogP contribution in [0.3, 0.4) is 0 Å². The van der Waals surface area contributed by atoms with Gasteiger partial charge in [-0.25, -0.2) is 14.4 Å². The molecule has 30 heteroatoms. The smallest absolute Gasteiger partial charge is 0.329 e. The van der Waals surface area contributed by atoms with E-state index in [4.69, 9.17) is 14.2 Å². The normalized spacial score (nSPS) is 18.8. The van der Waals surface area contributed by atoms with Gasteiger partial charge in [-0.05, 0) is 135 Å². The van der Waals surface area contributed by atoms with Crippen molar-refractivity contribution in [2.75, 3.05) is 35.6 Å². The van der Waals surface area contributed by atoms with Gasteiger partial charge in [0.05, 0.1) is 37.6 Å². The largest absolute Gasteiger partial charge is 0.481 e. The molecular formula is C60H69N9O21. The summed E-state index contributed by atoms with van der Waals surface area (Å²) in [6, 6.07) is 0.786. The number of nitrogens with one attached hydrogen (secondary N) is 6. The first-order valence-electron chi connectivity index (χ1n) is 29.0. The summed E-state index contributed by atoms with van der Waals surface area (Å²) in [4.78, 5) is 209. The number of anilines is 3. The Kier molecular flexibility index (Phi) is 21.8. The fraction of sp³-hybridized carbons (Fsp3) is 0.450. The quantitative estimate of drug-likeness (QED) is 0.0651. The molecule has 9 N–H and O–H groups in total. The highest BCUT2D eigenvalue weighted by molar-refractivity contribution is 6.10. The average Bonchev–Trinajstić information content (AvgIpc) is 1.51. The number of ether oxygens (including phenoxy) is 3. The lowest BCUT2D eigenvalue weighted by Gasteiger charge is -2.27. The average molecular weight is 1250 g/mol. The minimum atomic E-state index is -1.76. The second kappa shape index (κ2) is 29.1. The zero-order valence-electron chi connectivity index (χ0n) is 49.9. The van der Waals surface area contributed by atoms with Gasteiger partial charge in [0, 0.05) is 70.1 Å². The zero-order chi connectivity index (χ0) is 66.0. The molecule has 90 heavy (non-hydrogen) atoms. The summed E-state index contributed by atoms with van der Waals surface area (Å²) in [5.41, 5.74) is -2.91. The van der Waals surface area contributed by atoms with Gasteiger partial charge in [0.25, 0.3) is 35.4 Å². The van der Waals surface area contributed by atoms with Gasteiger partial charge >= 0.3 is 35.8 Å². The number of hydrogen-bond acceptors (Lipinski definition) is 18. The molecule has 0 saturated carbocycles. The molecule has 30 nitrogen and oxygen atoms in total. The SMILES string of the molecule is CC(C)OC(=O)[C@H](CC(=O)O)NC(=O)c1cc2cc(c1)C(=O)N1CCC[C@H]1C(=O)Nc1cc(C(=O)N[C@@H](CC(=O)O)C(=O)OC(C)C)cc(c1)C(=O)N1CCC[C@H]1C(=O)Nc1cc(C(=O)N[C@@H](CC(=O)O)C(=O)OC(C)C)cc(c1)C(=O)N1CCC[C@H]1C(=O)N2. The summed E-state index contributed by atoms with van der Waals surface area (Å²) in [5, 5.41) is 43.9. The van der Waals surface area contributed by atoms with Crippen molar-refractivity contribution < 1.29 is 101 Å². The van der Waals surface area contributed by atoms with Crippen molar-refractivity contribution in [1.82, 2.24) is 30.7 Å². The molecule has 0 radical (unpaired) electrons. The molecule has 0 aliphatic carbocycles. The van der Waals surface area contributed by atoms with Crippen molar-refractivity contribution >= 4 is 106 Å². The maximum absolute atomic E-state index is 14.9. The van der Waals surface area contributed by atoms with Gasteiger partial charge in [-0.3, -0.25) is 57.5 Å². The fourth-order valence-corrected chi connectivity index (χ4v) is 10.7. The Morgan fingerprint density at radius 1 is 0.422 bits per heavy atom. The van der Waals surface area contributed by atoms with Gasteiger partial charge in [-0.15, -0.1) is 0 Å². The number of fused-ring (bicyclic) bond motifs is 9. The molecule has 6 bridgehead atoms. The zero-order valence-corrected chi connectivity index (χ0v) is 49.9. The van der Waals surface area contributed by atoms with Crippen LogP contribution in [0.15, 0.2) is 54.6 Å². The molecule has 0 unspecified atom stereocenters. The van der Waals surface area contributed by atoms with Crippen LogP contribution in [0.4, 0.5) is 17.1 Å². The number of amides is 9. The number of carbonyl (C=O) groups is 15. The Labute approximate surface area is 514 Å². The van der Waals surface area contributed by atoms with Crippen LogP contribution >= 0.6 is 0 Å². The van der Waals surface area contributed by atoms with Gasteiger partial charge < -0.3 is 76.1 Å². The topological polar surface area (TPSA) is 426 Å². The fourth-order valence-electron chi connectivity index (χ4n) is 10.7. The van der Waals surface area contributed by atoms with Crippen molar-refractivity contribution in [2.24, 2.45) is 0 Å². The molecule has 3 aromatic rings. The van der Waals surface area contributed by atoms with Crippen molar-refractivity contribution in [3.8, 4) is 0 Å². The first kappa shape index (κ1) is 67.2. The predicted octanol–water partition coefficient (Wildman–Crippen LogP) is 2.30. The molecule has 0 spiro atoms. The number of nitrogens with zero attached hydrogens (tertiary/aromatic N) is 3. The van der Waals surface area contributed by atoms with E-state index in [1.165, 1.54) is 41.5 Å². The lowest BCUT2D eigenvalue weighted by atomic mass is 10.0. The van der Waals surface area contributed by atoms with E-state index < -0.39 is 179 Å². The van der Waals surface area contributed by atoms with Crippen LogP contribution in [0.1, 0.15) is 161 Å². The molecule has 7 rings (SSSR count). The van der Waals surface area contributed by atoms with Gasteiger partial charge in [0.1, 0.15) is 36.3 Å². The molecule has 480 valence electrons. The third-order valence-corrected chi connectivity index (χ3v) is 14.5. The van der Waals surface area contributed by atoms with Crippen molar-refractivity contribution in [3.05, 3.63) is 88.0 Å². The van der Waals surface area contributed by atoms with E-state index in [-0.39, 0.29) is 91.9 Å². The summed E-state index contributed by atoms with van der Waals surface area (Å²) in [7, 11) is 0. The third-order valence-electron chi connectivity index (χ3n) is 14.5. The monoisotopic (exact) mass is 1250 g/mol. The Morgan fingerprint density at radius 2 is 0.667 bits per heavy atom. The lowest BCUT2D eigenvalue weighted by Crippen LogP contribution is -2.45. The van der Waals surface area contributed by atoms with Gasteiger partial charge in [0.2, 0.25) is 17.7 Å². The van der Waals surface area contributed by atoms with Crippen LogP contribution in [-0.2, 0) is 57.4 Å². The number of carboxylic acids is 3. The van der Waals surface area contributed by atoms with E-state index >= 15 is 0 Å². The Balaban J connectivity index is 1.37. The molecule has 9 amide bonds. The number of benzene rings is 3. The maximum atomic E-state index is 14.9. The molecule has 4 aliphatic rings. The Bertz CT molecular complexity index is 3090. The standard InChI is InChI=1S/C60H69N9O21/c1-28(2)88-58(85)40(25-46(70)71)64-49(76)31-16-34-22-37(19-31)61-52(79)43-10-8-14-68(43)56(83)35-17-32(50(77)65-41(26-47(72)73)59(86)89-29(3)4)21-39(23-35)63-54(81)45-12-9-15-69(45)57(84)36-18-33(51(78)66-42(27-48(74)75)60(87)90-30(5)6)20-38(24-36)62-53(80)44-11-7-13-67(44)55(34)82/h16-24,28-30,40-45H,7-15,25-27H2,1-6H3,(H,61,79)(H,62,80)(H,63,81)(H,64,76)(H,65,77)(H,66,78)(H,70,71)(H,72,73)(H,74,75)/t40-,41-,42-,43-,44-,45-/m0/s1. The highest BCUT2D eigenvalue weighted by atomic mass is 16.6. The molecule has 4 aliphatic heterocycles. The van der Waals surface area contributed by atoms with E-state index in [9.17, 15) is 87.2 Å². The molecule has 4 heterocycles. The molecule has 6 atom stereocenters. The van der Waals surface area contributed by atoms with Crippen LogP contribution in [0.2, 0.25) is 0 Å². The van der Waals surface area contributed by atoms with E-state index in [2.05, 4.69) is 31.9 Å². The predicted molar refractivity (Wildman–Crippen MR) is 312 cm³/mol. The van der Waals surface area contributed by atoms with Crippen molar-refractivity contribution in [3.63, 3.8) is 0 Å². The number of rotatable bonds is 18. The van der Waals surface area contributed by atoms with E-state index in [0.717, 1.165) is 69.3 Å². The number of esters is 3. The highest BCUT2D eigenvalue weighted by Gasteiger charge is 2.40. The van der Waals surface area contributed by atoms with Crippen LogP contribution in [0.25, 0.3) is 0 Å². The summed E-state index contributed by atoms with van der Waals surface area (Å²) in [6.07, 6.45) is -4.26. The lowest BCUT2D eigenvalue weighted by molar-refractivity contribution is -0.153.